The number of likely N-dealkylation sites (N-methyl/N-ethyl adjacent to an activating group) is 1. The van der Waals surface area contributed by atoms with Crippen LogP contribution in [-0.2, 0) is 6.54 Å². The quantitative estimate of drug-likeness (QED) is 0.637. The normalized spacial score (nSPS) is 21.0. The smallest absolute Gasteiger partial charge is 0.161 e. The van der Waals surface area contributed by atoms with E-state index in [0.717, 1.165) is 57.9 Å². The van der Waals surface area contributed by atoms with Crippen LogP contribution in [-0.4, -0.2) is 103 Å². The Morgan fingerprint density at radius 1 is 1.07 bits per heavy atom. The van der Waals surface area contributed by atoms with Gasteiger partial charge in [-0.2, -0.15) is 0 Å². The van der Waals surface area contributed by atoms with Gasteiger partial charge in [-0.1, -0.05) is 13.0 Å². The van der Waals surface area contributed by atoms with Gasteiger partial charge in [-0.05, 0) is 24.2 Å². The van der Waals surface area contributed by atoms with Gasteiger partial charge < -0.3 is 24.6 Å². The number of methoxy groups -OCH3 is 1. The SMILES string of the molecule is CCN1CCN(C[C@H](O)COc2ccc(CN3CC(O)C3)cc2OC)CC1. The highest BCUT2D eigenvalue weighted by atomic mass is 16.5. The third kappa shape index (κ3) is 5.80. The zero-order valence-electron chi connectivity index (χ0n) is 16.5. The molecule has 0 radical (unpaired) electrons. The summed E-state index contributed by atoms with van der Waals surface area (Å²) in [4.78, 5) is 6.90. The van der Waals surface area contributed by atoms with Gasteiger partial charge >= 0.3 is 0 Å². The largest absolute Gasteiger partial charge is 0.493 e. The molecule has 1 atom stereocenters. The van der Waals surface area contributed by atoms with Crippen molar-refractivity contribution < 1.29 is 19.7 Å². The number of rotatable bonds is 9. The molecule has 0 bridgehead atoms. The highest BCUT2D eigenvalue weighted by Crippen LogP contribution is 2.29. The zero-order chi connectivity index (χ0) is 19.2. The zero-order valence-corrected chi connectivity index (χ0v) is 16.5. The lowest BCUT2D eigenvalue weighted by atomic mass is 10.1. The summed E-state index contributed by atoms with van der Waals surface area (Å²) in [6.07, 6.45) is -0.717. The lowest BCUT2D eigenvalue weighted by Gasteiger charge is -2.35. The van der Waals surface area contributed by atoms with Crippen LogP contribution in [0.3, 0.4) is 0 Å². The molecule has 2 aliphatic heterocycles. The second-order valence-corrected chi connectivity index (χ2v) is 7.53. The maximum absolute atomic E-state index is 10.3. The predicted octanol–water partition coefficient (Wildman–Crippen LogP) is 0.249. The maximum Gasteiger partial charge on any atom is 0.161 e. The fraction of sp³-hybridized carbons (Fsp3) is 0.700. The minimum atomic E-state index is -0.523. The molecule has 2 aliphatic rings. The lowest BCUT2D eigenvalue weighted by Crippen LogP contribution is -2.49. The van der Waals surface area contributed by atoms with E-state index in [1.807, 2.05) is 18.2 Å². The molecule has 152 valence electrons. The van der Waals surface area contributed by atoms with Gasteiger partial charge in [0.05, 0.1) is 13.2 Å². The molecule has 0 saturated carbocycles. The van der Waals surface area contributed by atoms with Gasteiger partial charge in [-0.15, -0.1) is 0 Å². The number of benzene rings is 1. The fourth-order valence-corrected chi connectivity index (χ4v) is 3.68. The van der Waals surface area contributed by atoms with Crippen molar-refractivity contribution in [2.45, 2.75) is 25.7 Å². The molecule has 0 spiro atoms. The minimum Gasteiger partial charge on any atom is -0.493 e. The number of nitrogens with zero attached hydrogens (tertiary/aromatic N) is 3. The molecule has 27 heavy (non-hydrogen) atoms. The Bertz CT molecular complexity index is 587. The van der Waals surface area contributed by atoms with Crippen molar-refractivity contribution >= 4 is 0 Å². The minimum absolute atomic E-state index is 0.194. The number of aliphatic hydroxyl groups is 2. The summed E-state index contributed by atoms with van der Waals surface area (Å²) in [5, 5.41) is 19.7. The van der Waals surface area contributed by atoms with Crippen LogP contribution in [0, 0.1) is 0 Å². The number of ether oxygens (including phenoxy) is 2. The Labute approximate surface area is 162 Å². The molecular formula is C20H33N3O4. The monoisotopic (exact) mass is 379 g/mol. The van der Waals surface area contributed by atoms with E-state index in [-0.39, 0.29) is 12.7 Å². The van der Waals surface area contributed by atoms with E-state index in [0.29, 0.717) is 18.0 Å². The van der Waals surface area contributed by atoms with E-state index < -0.39 is 6.10 Å². The van der Waals surface area contributed by atoms with Gasteiger partial charge in [0.2, 0.25) is 0 Å². The number of β-amino-alcohol motifs (C(OH)–C–C–N with tert-alkyl or cyclic N) is 2. The summed E-state index contributed by atoms with van der Waals surface area (Å²) >= 11 is 0. The van der Waals surface area contributed by atoms with Gasteiger partial charge in [0, 0.05) is 52.4 Å². The standard InChI is InChI=1S/C20H33N3O4/c1-3-21-6-8-22(9-7-21)14-18(25)15-27-19-5-4-16(10-20(19)26-2)11-23-12-17(24)13-23/h4-5,10,17-18,24-25H,3,6-9,11-15H2,1-2H3/t18-/m0/s1. The lowest BCUT2D eigenvalue weighted by molar-refractivity contribution is -0.00290. The van der Waals surface area contributed by atoms with Crippen molar-refractivity contribution in [1.29, 1.82) is 0 Å². The summed E-state index contributed by atoms with van der Waals surface area (Å²) in [6, 6.07) is 5.88. The van der Waals surface area contributed by atoms with Gasteiger partial charge in [0.25, 0.3) is 0 Å². The summed E-state index contributed by atoms with van der Waals surface area (Å²) in [5.74, 6) is 1.33. The molecule has 2 N–H and O–H groups in total. The van der Waals surface area contributed by atoms with E-state index in [2.05, 4.69) is 21.6 Å². The van der Waals surface area contributed by atoms with Crippen LogP contribution in [0.15, 0.2) is 18.2 Å². The van der Waals surface area contributed by atoms with Gasteiger partial charge in [-0.25, -0.2) is 0 Å². The molecule has 7 nitrogen and oxygen atoms in total. The van der Waals surface area contributed by atoms with Crippen molar-refractivity contribution in [2.75, 3.05) is 66.1 Å². The van der Waals surface area contributed by atoms with Crippen LogP contribution in [0.5, 0.6) is 11.5 Å². The Hall–Kier alpha value is -1.38. The van der Waals surface area contributed by atoms with Crippen LogP contribution < -0.4 is 9.47 Å². The molecular weight excluding hydrogens is 346 g/mol. The third-order valence-corrected chi connectivity index (χ3v) is 5.38. The maximum atomic E-state index is 10.3. The molecule has 3 rings (SSSR count). The first-order valence-electron chi connectivity index (χ1n) is 9.90. The highest BCUT2D eigenvalue weighted by Gasteiger charge is 2.24. The van der Waals surface area contributed by atoms with E-state index in [1.54, 1.807) is 7.11 Å². The van der Waals surface area contributed by atoms with Crippen molar-refractivity contribution in [3.63, 3.8) is 0 Å². The molecule has 0 amide bonds. The number of piperazine rings is 1. The van der Waals surface area contributed by atoms with Gasteiger partial charge in [0.1, 0.15) is 12.7 Å². The molecule has 0 aliphatic carbocycles. The van der Waals surface area contributed by atoms with Crippen molar-refractivity contribution in [3.05, 3.63) is 23.8 Å². The number of likely N-dealkylation sites (tertiary alicyclic amines) is 1. The van der Waals surface area contributed by atoms with Crippen molar-refractivity contribution in [1.82, 2.24) is 14.7 Å². The fourth-order valence-electron chi connectivity index (χ4n) is 3.68. The van der Waals surface area contributed by atoms with Crippen molar-refractivity contribution in [3.8, 4) is 11.5 Å². The third-order valence-electron chi connectivity index (χ3n) is 5.38. The summed E-state index contributed by atoms with van der Waals surface area (Å²) in [6.45, 7) is 10.5. The topological polar surface area (TPSA) is 68.6 Å². The number of hydrogen-bond acceptors (Lipinski definition) is 7. The van der Waals surface area contributed by atoms with Crippen molar-refractivity contribution in [2.24, 2.45) is 0 Å². The molecule has 7 heteroatoms. The molecule has 0 unspecified atom stereocenters. The Balaban J connectivity index is 1.45. The predicted molar refractivity (Wildman–Crippen MR) is 104 cm³/mol. The van der Waals surface area contributed by atoms with E-state index in [9.17, 15) is 10.2 Å². The average molecular weight is 380 g/mol. The van der Waals surface area contributed by atoms with Crippen LogP contribution >= 0.6 is 0 Å². The highest BCUT2D eigenvalue weighted by molar-refractivity contribution is 5.43. The number of hydrogen-bond donors (Lipinski definition) is 2. The second kappa shape index (κ2) is 9.71. The first-order chi connectivity index (χ1) is 13.1. The number of aliphatic hydroxyl groups excluding tert-OH is 2. The van der Waals surface area contributed by atoms with Crippen LogP contribution in [0.2, 0.25) is 0 Å². The first kappa shape index (κ1) is 20.4. The summed E-state index contributed by atoms with van der Waals surface area (Å²) in [5.41, 5.74) is 1.13. The Morgan fingerprint density at radius 3 is 2.41 bits per heavy atom. The summed E-state index contributed by atoms with van der Waals surface area (Å²) < 4.78 is 11.3. The molecule has 1 aromatic carbocycles. The van der Waals surface area contributed by atoms with Gasteiger partial charge in [0.15, 0.2) is 11.5 Å². The molecule has 2 saturated heterocycles. The Kier molecular flexibility index (Phi) is 7.32. The molecule has 1 aromatic rings. The first-order valence-corrected chi connectivity index (χ1v) is 9.90. The van der Waals surface area contributed by atoms with Crippen LogP contribution in [0.4, 0.5) is 0 Å². The molecule has 2 fully saturated rings. The van der Waals surface area contributed by atoms with E-state index in [4.69, 9.17) is 9.47 Å². The average Bonchev–Trinajstić information content (AvgIpc) is 2.66. The summed E-state index contributed by atoms with van der Waals surface area (Å²) in [7, 11) is 1.63. The van der Waals surface area contributed by atoms with Crippen LogP contribution in [0.25, 0.3) is 0 Å². The molecule has 0 aromatic heterocycles. The Morgan fingerprint density at radius 2 is 1.78 bits per heavy atom. The second-order valence-electron chi connectivity index (χ2n) is 7.53. The van der Waals surface area contributed by atoms with E-state index in [1.165, 1.54) is 0 Å². The van der Waals surface area contributed by atoms with E-state index >= 15 is 0 Å². The van der Waals surface area contributed by atoms with Gasteiger partial charge in [-0.3, -0.25) is 9.80 Å². The molecule has 2 heterocycles. The van der Waals surface area contributed by atoms with Crippen LogP contribution in [0.1, 0.15) is 12.5 Å².